The van der Waals surface area contributed by atoms with Crippen LogP contribution in [0, 0.1) is 5.92 Å². The SMILES string of the molecule is CC(C)C(NCCS(=O)(=O)C(C)(C)C)C(N)=O. The van der Waals surface area contributed by atoms with Gasteiger partial charge in [0.2, 0.25) is 5.91 Å². The van der Waals surface area contributed by atoms with Crippen molar-refractivity contribution in [2.75, 3.05) is 12.3 Å². The third-order valence-electron chi connectivity index (χ3n) is 2.64. The number of rotatable bonds is 6. The number of hydrogen-bond donors (Lipinski definition) is 2. The first-order valence-corrected chi connectivity index (χ1v) is 7.39. The highest BCUT2D eigenvalue weighted by Gasteiger charge is 2.29. The number of nitrogens with one attached hydrogen (secondary N) is 1. The Hall–Kier alpha value is -0.620. The van der Waals surface area contributed by atoms with Crippen molar-refractivity contribution in [3.8, 4) is 0 Å². The van der Waals surface area contributed by atoms with Crippen LogP contribution in [0.15, 0.2) is 0 Å². The van der Waals surface area contributed by atoms with Gasteiger partial charge in [0.05, 0.1) is 16.5 Å². The molecule has 0 aromatic heterocycles. The predicted octanol–water partition coefficient (Wildman–Crippen LogP) is 0.299. The van der Waals surface area contributed by atoms with Crippen molar-refractivity contribution in [1.29, 1.82) is 0 Å². The maximum Gasteiger partial charge on any atom is 0.234 e. The Morgan fingerprint density at radius 1 is 1.29 bits per heavy atom. The van der Waals surface area contributed by atoms with E-state index in [4.69, 9.17) is 5.73 Å². The zero-order valence-corrected chi connectivity index (χ0v) is 12.1. The molecule has 0 aliphatic heterocycles. The maximum absolute atomic E-state index is 11.8. The monoisotopic (exact) mass is 264 g/mol. The molecule has 0 aliphatic rings. The van der Waals surface area contributed by atoms with Gasteiger partial charge in [0, 0.05) is 6.54 Å². The summed E-state index contributed by atoms with van der Waals surface area (Å²) in [5.74, 6) is -0.398. The molecular weight excluding hydrogens is 240 g/mol. The highest BCUT2D eigenvalue weighted by atomic mass is 32.2. The van der Waals surface area contributed by atoms with Gasteiger partial charge in [-0.1, -0.05) is 13.8 Å². The highest BCUT2D eigenvalue weighted by molar-refractivity contribution is 7.92. The van der Waals surface area contributed by atoms with E-state index >= 15 is 0 Å². The van der Waals surface area contributed by atoms with E-state index in [0.717, 1.165) is 0 Å². The third kappa shape index (κ3) is 5.04. The van der Waals surface area contributed by atoms with Crippen LogP contribution in [0.1, 0.15) is 34.6 Å². The Morgan fingerprint density at radius 2 is 1.76 bits per heavy atom. The quantitative estimate of drug-likeness (QED) is 0.722. The van der Waals surface area contributed by atoms with Gasteiger partial charge in [-0.2, -0.15) is 0 Å². The van der Waals surface area contributed by atoms with Crippen molar-refractivity contribution >= 4 is 15.7 Å². The smallest absolute Gasteiger partial charge is 0.234 e. The van der Waals surface area contributed by atoms with Gasteiger partial charge in [-0.15, -0.1) is 0 Å². The fourth-order valence-electron chi connectivity index (χ4n) is 1.32. The molecule has 0 saturated carbocycles. The first kappa shape index (κ1) is 16.4. The molecule has 1 atom stereocenters. The van der Waals surface area contributed by atoms with Crippen molar-refractivity contribution in [2.24, 2.45) is 11.7 Å². The zero-order valence-electron chi connectivity index (χ0n) is 11.3. The summed E-state index contributed by atoms with van der Waals surface area (Å²) in [7, 11) is -3.16. The van der Waals surface area contributed by atoms with Crippen LogP contribution in [-0.4, -0.2) is 37.4 Å². The number of carbonyl (C=O) groups excluding carboxylic acids is 1. The van der Waals surface area contributed by atoms with E-state index in [1.165, 1.54) is 0 Å². The largest absolute Gasteiger partial charge is 0.368 e. The average molecular weight is 264 g/mol. The lowest BCUT2D eigenvalue weighted by Gasteiger charge is -2.22. The van der Waals surface area contributed by atoms with Crippen LogP contribution in [0.3, 0.4) is 0 Å². The normalized spacial score (nSPS) is 14.9. The summed E-state index contributed by atoms with van der Waals surface area (Å²) >= 11 is 0. The molecule has 5 nitrogen and oxygen atoms in total. The zero-order chi connectivity index (χ0) is 13.9. The van der Waals surface area contributed by atoms with Gasteiger partial charge in [0.25, 0.3) is 0 Å². The van der Waals surface area contributed by atoms with Crippen LogP contribution in [0.25, 0.3) is 0 Å². The lowest BCUT2D eigenvalue weighted by molar-refractivity contribution is -0.120. The summed E-state index contributed by atoms with van der Waals surface area (Å²) < 4.78 is 22.9. The van der Waals surface area contributed by atoms with E-state index < -0.39 is 26.5 Å². The molecule has 3 N–H and O–H groups in total. The molecule has 1 amide bonds. The maximum atomic E-state index is 11.8. The third-order valence-corrected chi connectivity index (χ3v) is 5.25. The summed E-state index contributed by atoms with van der Waals surface area (Å²) in [6, 6.07) is -0.481. The minimum absolute atomic E-state index is 0.00694. The molecule has 0 aromatic rings. The number of nitrogens with two attached hydrogens (primary N) is 1. The molecule has 0 spiro atoms. The Kier molecular flexibility index (Phi) is 5.61. The summed E-state index contributed by atoms with van der Waals surface area (Å²) in [6.07, 6.45) is 0. The first-order chi connectivity index (χ1) is 7.49. The second-order valence-electron chi connectivity index (χ2n) is 5.51. The number of sulfone groups is 1. The van der Waals surface area contributed by atoms with Crippen LogP contribution in [0.2, 0.25) is 0 Å². The molecule has 0 heterocycles. The molecule has 0 fully saturated rings. The second kappa shape index (κ2) is 5.82. The van der Waals surface area contributed by atoms with Crippen molar-refractivity contribution in [2.45, 2.75) is 45.4 Å². The molecule has 0 aromatic carbocycles. The van der Waals surface area contributed by atoms with E-state index in [9.17, 15) is 13.2 Å². The van der Waals surface area contributed by atoms with Crippen LogP contribution >= 0.6 is 0 Å². The first-order valence-electron chi connectivity index (χ1n) is 5.74. The minimum atomic E-state index is -3.16. The van der Waals surface area contributed by atoms with Crippen molar-refractivity contribution in [1.82, 2.24) is 5.32 Å². The summed E-state index contributed by atoms with van der Waals surface area (Å²) in [4.78, 5) is 11.1. The van der Waals surface area contributed by atoms with Gasteiger partial charge < -0.3 is 11.1 Å². The molecule has 6 heteroatoms. The van der Waals surface area contributed by atoms with E-state index in [-0.39, 0.29) is 18.2 Å². The molecule has 17 heavy (non-hydrogen) atoms. The lowest BCUT2D eigenvalue weighted by atomic mass is 10.0. The van der Waals surface area contributed by atoms with E-state index in [2.05, 4.69) is 5.32 Å². The van der Waals surface area contributed by atoms with E-state index in [1.54, 1.807) is 20.8 Å². The number of carbonyl (C=O) groups is 1. The van der Waals surface area contributed by atoms with Crippen LogP contribution in [0.5, 0.6) is 0 Å². The Morgan fingerprint density at radius 3 is 2.06 bits per heavy atom. The summed E-state index contributed by atoms with van der Waals surface area (Å²) in [5.41, 5.74) is 5.22. The molecule has 102 valence electrons. The van der Waals surface area contributed by atoms with Gasteiger partial charge in [0.15, 0.2) is 9.84 Å². The van der Waals surface area contributed by atoms with Gasteiger partial charge in [0.1, 0.15) is 0 Å². The molecular formula is C11H24N2O3S. The van der Waals surface area contributed by atoms with Gasteiger partial charge in [-0.05, 0) is 26.7 Å². The van der Waals surface area contributed by atoms with Gasteiger partial charge >= 0.3 is 0 Å². The van der Waals surface area contributed by atoms with Crippen molar-refractivity contribution in [3.63, 3.8) is 0 Å². The Bertz CT molecular complexity index is 355. The summed E-state index contributed by atoms with van der Waals surface area (Å²) in [6.45, 7) is 8.95. The standard InChI is InChI=1S/C11H24N2O3S/c1-8(2)9(10(12)14)13-6-7-17(15,16)11(3,4)5/h8-9,13H,6-7H2,1-5H3,(H2,12,14). The fourth-order valence-corrected chi connectivity index (χ4v) is 2.32. The topological polar surface area (TPSA) is 89.3 Å². The van der Waals surface area contributed by atoms with Crippen LogP contribution in [0.4, 0.5) is 0 Å². The van der Waals surface area contributed by atoms with Crippen molar-refractivity contribution in [3.05, 3.63) is 0 Å². The molecule has 1 unspecified atom stereocenters. The minimum Gasteiger partial charge on any atom is -0.368 e. The molecule has 0 aliphatic carbocycles. The number of amides is 1. The summed E-state index contributed by atoms with van der Waals surface area (Å²) in [5, 5.41) is 2.89. The predicted molar refractivity (Wildman–Crippen MR) is 69.4 cm³/mol. The van der Waals surface area contributed by atoms with E-state index in [1.807, 2.05) is 13.8 Å². The molecule has 0 saturated heterocycles. The Balaban J connectivity index is 4.38. The van der Waals surface area contributed by atoms with Crippen LogP contribution < -0.4 is 11.1 Å². The van der Waals surface area contributed by atoms with Gasteiger partial charge in [-0.25, -0.2) is 8.42 Å². The molecule has 0 bridgehead atoms. The van der Waals surface area contributed by atoms with E-state index in [0.29, 0.717) is 0 Å². The van der Waals surface area contributed by atoms with Crippen molar-refractivity contribution < 1.29 is 13.2 Å². The second-order valence-corrected chi connectivity index (χ2v) is 8.37. The number of primary amides is 1. The lowest BCUT2D eigenvalue weighted by Crippen LogP contribution is -2.47. The Labute approximate surface area is 104 Å². The average Bonchev–Trinajstić information content (AvgIpc) is 2.08. The van der Waals surface area contributed by atoms with Gasteiger partial charge in [-0.3, -0.25) is 4.79 Å². The number of hydrogen-bond acceptors (Lipinski definition) is 4. The molecule has 0 rings (SSSR count). The fraction of sp³-hybridized carbons (Fsp3) is 0.909. The van der Waals surface area contributed by atoms with Crippen LogP contribution in [-0.2, 0) is 14.6 Å². The molecule has 0 radical (unpaired) electrons. The highest BCUT2D eigenvalue weighted by Crippen LogP contribution is 2.15.